The highest BCUT2D eigenvalue weighted by Crippen LogP contribution is 2.48. The molecule has 0 aromatic carbocycles. The molecule has 2 fully saturated rings. The Bertz CT molecular complexity index is 1670. The largest absolute Gasteiger partial charge is 0.479 e. The standard InChI is InChI=1S/C28H31N9O5/c1-3-4-9-37-27-21(25(29)31-14-32-27)22(34-37)23-20(24(42-35-23)17-5-6-17)26-30-12-18(15(2)33-26)16-7-10-36(11-8-16)28(40)41-13-19(38)39/h3,12,14,16-17H,1,4-11,13H2,2H3,(H,38,39)(H2,29,31,32). The number of carbonyl (C=O) groups excluding carboxylic acids is 1. The number of nitrogens with zero attached hydrogens (tertiary/aromatic N) is 8. The number of anilines is 1. The normalized spacial score (nSPS) is 15.7. The molecule has 42 heavy (non-hydrogen) atoms. The monoisotopic (exact) mass is 573 g/mol. The third-order valence-electron chi connectivity index (χ3n) is 7.75. The Kier molecular flexibility index (Phi) is 7.27. The van der Waals surface area contributed by atoms with E-state index in [1.807, 2.05) is 19.2 Å². The van der Waals surface area contributed by atoms with Crippen LogP contribution in [0.5, 0.6) is 0 Å². The molecule has 1 aliphatic carbocycles. The second-order valence-corrected chi connectivity index (χ2v) is 10.6. The van der Waals surface area contributed by atoms with Gasteiger partial charge >= 0.3 is 12.1 Å². The number of amides is 1. The topological polar surface area (TPSA) is 188 Å². The van der Waals surface area contributed by atoms with Crippen LogP contribution in [0.4, 0.5) is 10.6 Å². The fraction of sp³-hybridized carbons (Fsp3) is 0.429. The van der Waals surface area contributed by atoms with Crippen LogP contribution in [0.15, 0.2) is 29.7 Å². The molecule has 4 aromatic rings. The zero-order valence-electron chi connectivity index (χ0n) is 23.2. The van der Waals surface area contributed by atoms with Crippen molar-refractivity contribution in [3.63, 3.8) is 0 Å². The number of aryl methyl sites for hydroxylation is 2. The molecule has 1 saturated carbocycles. The van der Waals surface area contributed by atoms with Crippen LogP contribution < -0.4 is 5.73 Å². The lowest BCUT2D eigenvalue weighted by Gasteiger charge is -2.31. The lowest BCUT2D eigenvalue weighted by molar-refractivity contribution is -0.140. The molecule has 2 aliphatic rings. The van der Waals surface area contributed by atoms with E-state index >= 15 is 0 Å². The maximum Gasteiger partial charge on any atom is 0.410 e. The maximum absolute atomic E-state index is 12.2. The van der Waals surface area contributed by atoms with Crippen LogP contribution in [0.3, 0.4) is 0 Å². The van der Waals surface area contributed by atoms with E-state index in [0.717, 1.165) is 29.9 Å². The molecular weight excluding hydrogens is 542 g/mol. The molecule has 5 heterocycles. The molecule has 218 valence electrons. The summed E-state index contributed by atoms with van der Waals surface area (Å²) < 4.78 is 12.5. The van der Waals surface area contributed by atoms with Gasteiger partial charge in [0.05, 0.1) is 10.9 Å². The number of aliphatic carboxylic acids is 1. The number of nitrogen functional groups attached to an aromatic ring is 1. The second kappa shape index (κ2) is 11.2. The summed E-state index contributed by atoms with van der Waals surface area (Å²) in [5, 5.41) is 18.6. The highest BCUT2D eigenvalue weighted by Gasteiger charge is 2.36. The summed E-state index contributed by atoms with van der Waals surface area (Å²) in [5.74, 6) is 0.722. The van der Waals surface area contributed by atoms with Gasteiger partial charge in [-0.3, -0.25) is 0 Å². The van der Waals surface area contributed by atoms with Crippen molar-refractivity contribution in [3.8, 4) is 22.8 Å². The summed E-state index contributed by atoms with van der Waals surface area (Å²) in [4.78, 5) is 42.7. The summed E-state index contributed by atoms with van der Waals surface area (Å²) in [7, 11) is 0. The molecule has 1 saturated heterocycles. The van der Waals surface area contributed by atoms with E-state index in [9.17, 15) is 9.59 Å². The van der Waals surface area contributed by atoms with Crippen molar-refractivity contribution in [3.05, 3.63) is 42.2 Å². The number of aromatic nitrogens is 7. The van der Waals surface area contributed by atoms with E-state index in [0.29, 0.717) is 78.5 Å². The minimum atomic E-state index is -1.18. The van der Waals surface area contributed by atoms with Crippen LogP contribution in [-0.2, 0) is 16.1 Å². The number of nitrogens with two attached hydrogens (primary N) is 1. The van der Waals surface area contributed by atoms with Gasteiger partial charge in [-0.1, -0.05) is 11.2 Å². The third-order valence-corrected chi connectivity index (χ3v) is 7.75. The van der Waals surface area contributed by atoms with E-state index < -0.39 is 18.7 Å². The Morgan fingerprint density at radius 1 is 1.17 bits per heavy atom. The molecule has 0 bridgehead atoms. The fourth-order valence-electron chi connectivity index (χ4n) is 5.46. The molecule has 0 spiro atoms. The van der Waals surface area contributed by atoms with Gasteiger partial charge in [0, 0.05) is 37.4 Å². The van der Waals surface area contributed by atoms with Crippen molar-refractivity contribution >= 4 is 28.9 Å². The molecule has 0 atom stereocenters. The van der Waals surface area contributed by atoms with Crippen molar-refractivity contribution < 1.29 is 24.0 Å². The van der Waals surface area contributed by atoms with Gasteiger partial charge in [-0.05, 0) is 50.5 Å². The number of rotatable bonds is 9. The smallest absolute Gasteiger partial charge is 0.410 e. The lowest BCUT2D eigenvalue weighted by Crippen LogP contribution is -2.39. The van der Waals surface area contributed by atoms with Gasteiger partial charge in [0.2, 0.25) is 0 Å². The number of carbonyl (C=O) groups is 2. The van der Waals surface area contributed by atoms with Crippen molar-refractivity contribution in [2.75, 3.05) is 25.4 Å². The zero-order chi connectivity index (χ0) is 29.4. The number of carboxylic acids is 1. The van der Waals surface area contributed by atoms with Crippen LogP contribution >= 0.6 is 0 Å². The highest BCUT2D eigenvalue weighted by molar-refractivity contribution is 6.00. The van der Waals surface area contributed by atoms with Crippen molar-refractivity contribution in [1.29, 1.82) is 0 Å². The second-order valence-electron chi connectivity index (χ2n) is 10.6. The van der Waals surface area contributed by atoms with Gasteiger partial charge in [-0.25, -0.2) is 34.2 Å². The number of ether oxygens (including phenoxy) is 1. The molecule has 4 aromatic heterocycles. The van der Waals surface area contributed by atoms with E-state index in [1.165, 1.54) is 11.2 Å². The molecule has 0 radical (unpaired) electrons. The van der Waals surface area contributed by atoms with E-state index in [1.54, 1.807) is 4.68 Å². The summed E-state index contributed by atoms with van der Waals surface area (Å²) in [6.07, 6.45) is 8.52. The van der Waals surface area contributed by atoms with E-state index in [4.69, 9.17) is 35.2 Å². The molecule has 14 heteroatoms. The minimum absolute atomic E-state index is 0.147. The van der Waals surface area contributed by atoms with E-state index in [-0.39, 0.29) is 11.8 Å². The van der Waals surface area contributed by atoms with Crippen LogP contribution in [0.1, 0.15) is 61.0 Å². The Hall–Kier alpha value is -4.88. The van der Waals surface area contributed by atoms with Gasteiger partial charge in [0.25, 0.3) is 0 Å². The Balaban J connectivity index is 1.31. The zero-order valence-corrected chi connectivity index (χ0v) is 23.2. The average molecular weight is 574 g/mol. The number of piperidine rings is 1. The first-order chi connectivity index (χ1) is 20.4. The van der Waals surface area contributed by atoms with Crippen LogP contribution in [0.2, 0.25) is 0 Å². The molecule has 1 aliphatic heterocycles. The number of likely N-dealkylation sites (tertiary alicyclic amines) is 1. The first-order valence-electron chi connectivity index (χ1n) is 13.9. The summed E-state index contributed by atoms with van der Waals surface area (Å²) in [6, 6.07) is 0. The Morgan fingerprint density at radius 3 is 2.64 bits per heavy atom. The molecule has 0 unspecified atom stereocenters. The average Bonchev–Trinajstić information content (AvgIpc) is 3.63. The highest BCUT2D eigenvalue weighted by atomic mass is 16.6. The SMILES string of the molecule is C=CCCn1nc(-c2noc(C3CC3)c2-c2ncc(C3CCN(C(=O)OCC(=O)O)CC3)c(C)n2)c2c(N)ncnc21. The maximum atomic E-state index is 12.2. The Morgan fingerprint density at radius 2 is 1.95 bits per heavy atom. The summed E-state index contributed by atoms with van der Waals surface area (Å²) >= 11 is 0. The van der Waals surface area contributed by atoms with Crippen molar-refractivity contribution in [2.45, 2.75) is 57.4 Å². The Labute approximate surface area is 240 Å². The van der Waals surface area contributed by atoms with Gasteiger partial charge in [-0.15, -0.1) is 6.58 Å². The minimum Gasteiger partial charge on any atom is -0.479 e. The molecule has 14 nitrogen and oxygen atoms in total. The van der Waals surface area contributed by atoms with Gasteiger partial charge < -0.3 is 25.0 Å². The van der Waals surface area contributed by atoms with Crippen LogP contribution in [-0.4, -0.2) is 76.6 Å². The predicted molar refractivity (Wildman–Crippen MR) is 150 cm³/mol. The first-order valence-corrected chi connectivity index (χ1v) is 13.9. The third kappa shape index (κ3) is 5.15. The van der Waals surface area contributed by atoms with Crippen molar-refractivity contribution in [2.24, 2.45) is 0 Å². The quantitative estimate of drug-likeness (QED) is 0.277. The molecular formula is C28H31N9O5. The molecule has 6 rings (SSSR count). The van der Waals surface area contributed by atoms with Crippen LogP contribution in [0, 0.1) is 6.92 Å². The number of fused-ring (bicyclic) bond motifs is 1. The van der Waals surface area contributed by atoms with Gasteiger partial charge in [0.1, 0.15) is 23.5 Å². The first kappa shape index (κ1) is 27.3. The van der Waals surface area contributed by atoms with Gasteiger partial charge in [0.15, 0.2) is 23.8 Å². The fourth-order valence-corrected chi connectivity index (χ4v) is 5.46. The molecule has 1 amide bonds. The number of hydrogen-bond acceptors (Lipinski definition) is 11. The number of hydrogen-bond donors (Lipinski definition) is 2. The lowest BCUT2D eigenvalue weighted by atomic mass is 9.89. The van der Waals surface area contributed by atoms with Crippen LogP contribution in [0.25, 0.3) is 33.8 Å². The van der Waals surface area contributed by atoms with Gasteiger partial charge in [-0.2, -0.15) is 5.10 Å². The summed E-state index contributed by atoms with van der Waals surface area (Å²) in [5.41, 5.74) is 10.5. The van der Waals surface area contributed by atoms with Crippen molar-refractivity contribution in [1.82, 2.24) is 39.8 Å². The number of allylic oxidation sites excluding steroid dienone is 1. The van der Waals surface area contributed by atoms with E-state index in [2.05, 4.69) is 21.7 Å². The summed E-state index contributed by atoms with van der Waals surface area (Å²) in [6.45, 7) is 6.59. The number of carboxylic acid groups (broad SMARTS) is 1. The predicted octanol–water partition coefficient (Wildman–Crippen LogP) is 3.68. The molecule has 3 N–H and O–H groups in total.